The maximum atomic E-state index is 11.6. The summed E-state index contributed by atoms with van der Waals surface area (Å²) in [6, 6.07) is 0. The molecule has 2 nitrogen and oxygen atoms in total. The van der Waals surface area contributed by atoms with Crippen LogP contribution in [0.1, 0.15) is 32.6 Å². The molecule has 1 aliphatic rings. The Kier molecular flexibility index (Phi) is 5.27. The molecule has 0 heterocycles. The zero-order chi connectivity index (χ0) is 11.3. The van der Waals surface area contributed by atoms with Crippen molar-refractivity contribution < 1.29 is 4.79 Å². The molecule has 0 radical (unpaired) electrons. The van der Waals surface area contributed by atoms with E-state index in [2.05, 4.69) is 11.6 Å². The first-order valence-corrected chi connectivity index (χ1v) is 7.28. The minimum Gasteiger partial charge on any atom is -0.354 e. The molecule has 1 saturated carbocycles. The molecule has 1 unspecified atom stereocenters. The largest absolute Gasteiger partial charge is 0.354 e. The Labute approximate surface area is 102 Å². The van der Waals surface area contributed by atoms with E-state index in [0.29, 0.717) is 10.6 Å². The molecule has 1 N–H and O–H groups in total. The predicted molar refractivity (Wildman–Crippen MR) is 67.6 cm³/mol. The summed E-state index contributed by atoms with van der Waals surface area (Å²) in [5, 5.41) is 3.02. The van der Waals surface area contributed by atoms with E-state index >= 15 is 0 Å². The Morgan fingerprint density at radius 3 is 2.60 bits per heavy atom. The summed E-state index contributed by atoms with van der Waals surface area (Å²) in [6.07, 6.45) is 7.18. The molecule has 0 bridgehead atoms. The van der Waals surface area contributed by atoms with Gasteiger partial charge in [-0.05, 0) is 19.1 Å². The van der Waals surface area contributed by atoms with Gasteiger partial charge in [0.2, 0.25) is 5.91 Å². The van der Waals surface area contributed by atoms with Crippen molar-refractivity contribution in [3.05, 3.63) is 0 Å². The van der Waals surface area contributed by atoms with Gasteiger partial charge in [0.05, 0.1) is 0 Å². The Balaban J connectivity index is 2.37. The first kappa shape index (κ1) is 13.2. The summed E-state index contributed by atoms with van der Waals surface area (Å²) in [5.41, 5.74) is 0. The van der Waals surface area contributed by atoms with E-state index in [1.807, 2.05) is 18.7 Å². The number of halogens is 1. The van der Waals surface area contributed by atoms with E-state index < -0.39 is 0 Å². The van der Waals surface area contributed by atoms with Crippen molar-refractivity contribution in [2.24, 2.45) is 5.92 Å². The highest BCUT2D eigenvalue weighted by molar-refractivity contribution is 8.00. The monoisotopic (exact) mass is 249 g/mol. The highest BCUT2D eigenvalue weighted by Gasteiger charge is 2.33. The lowest BCUT2D eigenvalue weighted by Crippen LogP contribution is -2.40. The van der Waals surface area contributed by atoms with Gasteiger partial charge >= 0.3 is 0 Å². The van der Waals surface area contributed by atoms with Crippen molar-refractivity contribution in [3.63, 3.8) is 0 Å². The first-order valence-electron chi connectivity index (χ1n) is 5.52. The maximum Gasteiger partial charge on any atom is 0.224 e. The van der Waals surface area contributed by atoms with Crippen LogP contribution in [0.25, 0.3) is 0 Å². The highest BCUT2D eigenvalue weighted by Crippen LogP contribution is 2.39. The molecule has 1 aliphatic carbocycles. The zero-order valence-corrected chi connectivity index (χ0v) is 11.1. The van der Waals surface area contributed by atoms with E-state index in [1.54, 1.807) is 0 Å². The Morgan fingerprint density at radius 2 is 2.13 bits per heavy atom. The molecule has 0 aromatic rings. The van der Waals surface area contributed by atoms with Crippen LogP contribution in [0.2, 0.25) is 0 Å². The number of nitrogens with one attached hydrogen (secondary N) is 1. The van der Waals surface area contributed by atoms with E-state index in [-0.39, 0.29) is 11.8 Å². The zero-order valence-electron chi connectivity index (χ0n) is 9.51. The molecule has 1 amide bonds. The molecule has 88 valence electrons. The number of alkyl halides is 1. The number of rotatable bonds is 5. The van der Waals surface area contributed by atoms with Crippen LogP contribution in [0.3, 0.4) is 0 Å². The minimum absolute atomic E-state index is 0.0769. The van der Waals surface area contributed by atoms with Gasteiger partial charge in [0.15, 0.2) is 0 Å². The quantitative estimate of drug-likeness (QED) is 0.759. The van der Waals surface area contributed by atoms with Gasteiger partial charge in [-0.2, -0.15) is 11.8 Å². The minimum atomic E-state index is -0.0769. The van der Waals surface area contributed by atoms with Crippen LogP contribution in [-0.2, 0) is 4.79 Å². The van der Waals surface area contributed by atoms with Crippen molar-refractivity contribution in [1.82, 2.24) is 5.32 Å². The lowest BCUT2D eigenvalue weighted by molar-refractivity contribution is -0.123. The summed E-state index contributed by atoms with van der Waals surface area (Å²) < 4.78 is 0.293. The normalized spacial score (nSPS) is 21.3. The molecule has 0 aromatic carbocycles. The third-order valence-corrected chi connectivity index (χ3v) is 5.09. The standard InChI is InChI=1S/C11H20ClNOS/c1-9(7-12)10(14)13-8-11(15-2)5-3-4-6-11/h9H,3-8H2,1-2H3,(H,13,14). The van der Waals surface area contributed by atoms with E-state index in [1.165, 1.54) is 25.7 Å². The van der Waals surface area contributed by atoms with Gasteiger partial charge in [-0.3, -0.25) is 4.79 Å². The lowest BCUT2D eigenvalue weighted by Gasteiger charge is -2.27. The number of carbonyl (C=O) groups excluding carboxylic acids is 1. The van der Waals surface area contributed by atoms with Gasteiger partial charge in [-0.25, -0.2) is 0 Å². The summed E-state index contributed by atoms with van der Waals surface area (Å²) in [6.45, 7) is 2.66. The molecule has 0 saturated heterocycles. The molecule has 4 heteroatoms. The molecule has 1 atom stereocenters. The molecule has 1 fully saturated rings. The van der Waals surface area contributed by atoms with E-state index in [0.717, 1.165) is 6.54 Å². The van der Waals surface area contributed by atoms with Crippen molar-refractivity contribution in [2.75, 3.05) is 18.7 Å². The predicted octanol–water partition coefficient (Wildman–Crippen LogP) is 2.65. The third kappa shape index (κ3) is 3.56. The second-order valence-electron chi connectivity index (χ2n) is 4.37. The SMILES string of the molecule is CSC1(CNC(=O)C(C)CCl)CCCC1. The summed E-state index contributed by atoms with van der Waals surface area (Å²) >= 11 is 7.54. The average molecular weight is 250 g/mol. The number of hydrogen-bond acceptors (Lipinski definition) is 2. The van der Waals surface area contributed by atoms with Crippen molar-refractivity contribution in [1.29, 1.82) is 0 Å². The first-order chi connectivity index (χ1) is 7.13. The van der Waals surface area contributed by atoms with Gasteiger partial charge < -0.3 is 5.32 Å². The topological polar surface area (TPSA) is 29.1 Å². The molecule has 0 aliphatic heterocycles. The van der Waals surface area contributed by atoms with Crippen LogP contribution >= 0.6 is 23.4 Å². The van der Waals surface area contributed by atoms with Gasteiger partial charge in [-0.1, -0.05) is 19.8 Å². The third-order valence-electron chi connectivity index (χ3n) is 3.21. The molecule has 1 rings (SSSR count). The van der Waals surface area contributed by atoms with Crippen LogP contribution in [-0.4, -0.2) is 29.3 Å². The number of amides is 1. The summed E-state index contributed by atoms with van der Waals surface area (Å²) in [4.78, 5) is 11.6. The maximum absolute atomic E-state index is 11.6. The van der Waals surface area contributed by atoms with Crippen LogP contribution in [0.15, 0.2) is 0 Å². The average Bonchev–Trinajstić information content (AvgIpc) is 2.74. The van der Waals surface area contributed by atoms with Gasteiger partial charge in [0.1, 0.15) is 0 Å². The van der Waals surface area contributed by atoms with Crippen molar-refractivity contribution in [2.45, 2.75) is 37.4 Å². The van der Waals surface area contributed by atoms with Crippen LogP contribution in [0, 0.1) is 5.92 Å². The van der Waals surface area contributed by atoms with E-state index in [4.69, 9.17) is 11.6 Å². The Hall–Kier alpha value is 0.110. The molecular formula is C11H20ClNOS. The number of hydrogen-bond donors (Lipinski definition) is 1. The summed E-state index contributed by atoms with van der Waals surface area (Å²) in [7, 11) is 0. The van der Waals surface area contributed by atoms with Crippen LogP contribution < -0.4 is 5.32 Å². The highest BCUT2D eigenvalue weighted by atomic mass is 35.5. The van der Waals surface area contributed by atoms with Gasteiger partial charge in [0.25, 0.3) is 0 Å². The molecule has 0 aromatic heterocycles. The smallest absolute Gasteiger partial charge is 0.224 e. The fourth-order valence-electron chi connectivity index (χ4n) is 1.96. The van der Waals surface area contributed by atoms with Crippen molar-refractivity contribution >= 4 is 29.3 Å². The second kappa shape index (κ2) is 6.00. The summed E-state index contributed by atoms with van der Waals surface area (Å²) in [5.74, 6) is 0.412. The Morgan fingerprint density at radius 1 is 1.53 bits per heavy atom. The van der Waals surface area contributed by atoms with Crippen LogP contribution in [0.4, 0.5) is 0 Å². The van der Waals surface area contributed by atoms with Crippen molar-refractivity contribution in [3.8, 4) is 0 Å². The fraction of sp³-hybridized carbons (Fsp3) is 0.909. The molecular weight excluding hydrogens is 230 g/mol. The molecule has 0 spiro atoms. The lowest BCUT2D eigenvalue weighted by atomic mass is 10.1. The van der Waals surface area contributed by atoms with Gasteiger partial charge in [-0.15, -0.1) is 11.6 Å². The Bertz CT molecular complexity index is 217. The van der Waals surface area contributed by atoms with E-state index in [9.17, 15) is 4.79 Å². The number of thioether (sulfide) groups is 1. The fourth-order valence-corrected chi connectivity index (χ4v) is 3.02. The second-order valence-corrected chi connectivity index (χ2v) is 5.95. The van der Waals surface area contributed by atoms with Crippen LogP contribution in [0.5, 0.6) is 0 Å². The molecule has 15 heavy (non-hydrogen) atoms. The number of carbonyl (C=O) groups is 1. The van der Waals surface area contributed by atoms with Gasteiger partial charge in [0, 0.05) is 23.1 Å².